The van der Waals surface area contributed by atoms with Crippen LogP contribution in [0.1, 0.15) is 44.5 Å². The summed E-state index contributed by atoms with van der Waals surface area (Å²) in [7, 11) is 0. The summed E-state index contributed by atoms with van der Waals surface area (Å²) >= 11 is 0. The zero-order valence-electron chi connectivity index (χ0n) is 34.6. The first-order valence-corrected chi connectivity index (χ1v) is 22.3. The lowest BCUT2D eigenvalue weighted by molar-refractivity contribution is 0.653. The fourth-order valence-electron chi connectivity index (χ4n) is 11.1. The molecule has 1 saturated heterocycles. The van der Waals surface area contributed by atoms with E-state index < -0.39 is 0 Å². The maximum atomic E-state index is 5.37. The highest BCUT2D eigenvalue weighted by molar-refractivity contribution is 5.88. The van der Waals surface area contributed by atoms with Gasteiger partial charge in [-0.1, -0.05) is 48.5 Å². The molecule has 0 bridgehead atoms. The van der Waals surface area contributed by atoms with Crippen molar-refractivity contribution in [2.24, 2.45) is 0 Å². The summed E-state index contributed by atoms with van der Waals surface area (Å²) < 4.78 is 0. The van der Waals surface area contributed by atoms with E-state index in [9.17, 15) is 0 Å². The second kappa shape index (κ2) is 14.3. The minimum Gasteiger partial charge on any atom is -0.368 e. The Bertz CT molecular complexity index is 2730. The fourth-order valence-corrected chi connectivity index (χ4v) is 11.1. The minimum atomic E-state index is 0.967. The summed E-state index contributed by atoms with van der Waals surface area (Å²) in [6, 6.07) is 35.7. The number of rotatable bonds is 4. The van der Waals surface area contributed by atoms with Crippen molar-refractivity contribution in [1.29, 1.82) is 0 Å². The molecule has 62 heavy (non-hydrogen) atoms. The molecule has 1 aliphatic heterocycles. The molecule has 0 spiro atoms. The zero-order chi connectivity index (χ0) is 40.7. The number of nitrogens with zero attached hydrogens (tertiary/aromatic N) is 8. The van der Waals surface area contributed by atoms with Crippen molar-refractivity contribution in [3.05, 3.63) is 166 Å². The summed E-state index contributed by atoms with van der Waals surface area (Å²) in [5.41, 5.74) is 26.4. The number of piperazine rings is 1. The van der Waals surface area contributed by atoms with Crippen LogP contribution in [0.4, 0.5) is 11.4 Å². The van der Waals surface area contributed by atoms with E-state index in [1.54, 1.807) is 0 Å². The molecule has 0 atom stereocenters. The summed E-state index contributed by atoms with van der Waals surface area (Å²) in [5, 5.41) is 0. The average Bonchev–Trinajstić information content (AvgIpc) is 3.35. The smallest absolute Gasteiger partial charge is 0.0935 e. The van der Waals surface area contributed by atoms with Gasteiger partial charge in [-0.3, -0.25) is 19.9 Å². The van der Waals surface area contributed by atoms with Crippen molar-refractivity contribution in [1.82, 2.24) is 29.9 Å². The van der Waals surface area contributed by atoms with Crippen LogP contribution < -0.4 is 9.80 Å². The van der Waals surface area contributed by atoms with E-state index in [1.165, 1.54) is 78.1 Å². The van der Waals surface area contributed by atoms with Crippen LogP contribution >= 0.6 is 0 Å². The SMILES string of the molecule is c1cnc2c(c1)CCc1c-2nc2c(c1-c1ccc(N3CCN(c4ccc(-c5c6c(nc7c5CCc5cccnc5-7)-c5ncccc5CC6)cc4)CC3)cc1)CCc1cccnc1-2. The quantitative estimate of drug-likeness (QED) is 0.174. The molecule has 7 heterocycles. The molecule has 8 aromatic rings. The Labute approximate surface area is 361 Å². The molecule has 0 unspecified atom stereocenters. The topological polar surface area (TPSA) is 83.8 Å². The Morgan fingerprint density at radius 2 is 0.597 bits per heavy atom. The van der Waals surface area contributed by atoms with Crippen molar-refractivity contribution in [3.63, 3.8) is 0 Å². The molecule has 0 amide bonds. The van der Waals surface area contributed by atoms with Gasteiger partial charge in [0.05, 0.1) is 45.6 Å². The fraction of sp³-hybridized carbons (Fsp3) is 0.222. The maximum absolute atomic E-state index is 5.37. The summed E-state index contributed by atoms with van der Waals surface area (Å²) in [6.07, 6.45) is 15.4. The van der Waals surface area contributed by atoms with Crippen molar-refractivity contribution >= 4 is 11.4 Å². The third-order valence-electron chi connectivity index (χ3n) is 14.2. The molecular weight excluding hydrogens is 761 g/mol. The van der Waals surface area contributed by atoms with E-state index in [0.717, 1.165) is 123 Å². The maximum Gasteiger partial charge on any atom is 0.0935 e. The third kappa shape index (κ3) is 5.65. The number of pyridine rings is 6. The molecule has 0 saturated carbocycles. The molecule has 2 aromatic carbocycles. The number of hydrogen-bond acceptors (Lipinski definition) is 8. The Morgan fingerprint density at radius 3 is 0.887 bits per heavy atom. The van der Waals surface area contributed by atoms with Gasteiger partial charge in [0.1, 0.15) is 0 Å². The number of aryl methyl sites for hydroxylation is 4. The molecule has 8 nitrogen and oxygen atoms in total. The van der Waals surface area contributed by atoms with Crippen molar-refractivity contribution in [2.45, 2.75) is 51.4 Å². The predicted molar refractivity (Wildman–Crippen MR) is 246 cm³/mol. The van der Waals surface area contributed by atoms with Gasteiger partial charge < -0.3 is 9.80 Å². The van der Waals surface area contributed by atoms with Crippen LogP contribution in [-0.2, 0) is 51.4 Å². The van der Waals surface area contributed by atoms with Crippen LogP contribution in [-0.4, -0.2) is 56.1 Å². The molecule has 8 heteroatoms. The normalized spacial score (nSPS) is 15.5. The Kier molecular flexibility index (Phi) is 8.21. The number of aromatic nitrogens is 6. The second-order valence-corrected chi connectivity index (χ2v) is 17.4. The van der Waals surface area contributed by atoms with E-state index in [4.69, 9.17) is 29.9 Å². The Hall–Kier alpha value is -7.06. The standard InChI is InChI=1S/C54H44N8/c1-5-35-13-21-41-45(42-22-14-36-6-2-26-56-48(36)52(42)59-51(41)47(35)55-25-1)33-9-17-39(18-10-33)61-29-31-62(32-30-61)40-19-11-34(12-20-40)46-43-23-15-37-7-3-27-57-49(37)53(43)60-54-44(46)24-16-38-8-4-28-58-50(38)54/h1-12,17-20,25-28H,13-16,21-24,29-32H2. The van der Waals surface area contributed by atoms with Gasteiger partial charge in [0.2, 0.25) is 0 Å². The first kappa shape index (κ1) is 35.7. The number of anilines is 2. The van der Waals surface area contributed by atoms with Crippen LogP contribution in [0.2, 0.25) is 0 Å². The monoisotopic (exact) mass is 804 g/mol. The van der Waals surface area contributed by atoms with Gasteiger partial charge in [-0.15, -0.1) is 0 Å². The Morgan fingerprint density at radius 1 is 0.306 bits per heavy atom. The van der Waals surface area contributed by atoms with Gasteiger partial charge in [-0.05, 0) is 167 Å². The molecule has 0 radical (unpaired) electrons. The lowest BCUT2D eigenvalue weighted by Crippen LogP contribution is -2.46. The second-order valence-electron chi connectivity index (χ2n) is 17.4. The van der Waals surface area contributed by atoms with Gasteiger partial charge in [0, 0.05) is 62.3 Å². The van der Waals surface area contributed by atoms with Crippen LogP contribution in [0.3, 0.4) is 0 Å². The first-order valence-electron chi connectivity index (χ1n) is 22.3. The summed E-state index contributed by atoms with van der Waals surface area (Å²) in [4.78, 5) is 35.3. The summed E-state index contributed by atoms with van der Waals surface area (Å²) in [6.45, 7) is 3.87. The molecule has 300 valence electrons. The minimum absolute atomic E-state index is 0.967. The highest BCUT2D eigenvalue weighted by Crippen LogP contribution is 2.47. The van der Waals surface area contributed by atoms with E-state index in [-0.39, 0.29) is 0 Å². The summed E-state index contributed by atoms with van der Waals surface area (Å²) in [5.74, 6) is 0. The Balaban J connectivity index is 0.779. The van der Waals surface area contributed by atoms with Crippen LogP contribution in [0.5, 0.6) is 0 Å². The highest BCUT2D eigenvalue weighted by atomic mass is 15.3. The molecule has 13 rings (SSSR count). The molecular formula is C54H44N8. The van der Waals surface area contributed by atoms with Crippen LogP contribution in [0.25, 0.3) is 67.8 Å². The van der Waals surface area contributed by atoms with Gasteiger partial charge in [-0.25, -0.2) is 9.97 Å². The van der Waals surface area contributed by atoms with E-state index >= 15 is 0 Å². The number of hydrogen-bond donors (Lipinski definition) is 0. The van der Waals surface area contributed by atoms with Crippen LogP contribution in [0, 0.1) is 0 Å². The largest absolute Gasteiger partial charge is 0.368 e. The molecule has 1 fully saturated rings. The number of benzene rings is 2. The van der Waals surface area contributed by atoms with Crippen molar-refractivity contribution in [2.75, 3.05) is 36.0 Å². The van der Waals surface area contributed by atoms with E-state index in [0.29, 0.717) is 0 Å². The average molecular weight is 805 g/mol. The lowest BCUT2D eigenvalue weighted by atomic mass is 9.80. The van der Waals surface area contributed by atoms with Gasteiger partial charge in [0.25, 0.3) is 0 Å². The first-order chi connectivity index (χ1) is 30.7. The molecule has 0 N–H and O–H groups in total. The lowest BCUT2D eigenvalue weighted by Gasteiger charge is -2.37. The van der Waals surface area contributed by atoms with Gasteiger partial charge in [0.15, 0.2) is 0 Å². The van der Waals surface area contributed by atoms with E-state index in [2.05, 4.69) is 82.6 Å². The predicted octanol–water partition coefficient (Wildman–Crippen LogP) is 9.78. The molecule has 6 aromatic heterocycles. The number of fused-ring (bicyclic) bond motifs is 12. The highest BCUT2D eigenvalue weighted by Gasteiger charge is 2.32. The van der Waals surface area contributed by atoms with Crippen molar-refractivity contribution < 1.29 is 0 Å². The zero-order valence-corrected chi connectivity index (χ0v) is 34.6. The van der Waals surface area contributed by atoms with Gasteiger partial charge in [-0.2, -0.15) is 0 Å². The molecule has 5 aliphatic rings. The van der Waals surface area contributed by atoms with Gasteiger partial charge >= 0.3 is 0 Å². The van der Waals surface area contributed by atoms with E-state index in [1.807, 2.05) is 49.1 Å². The van der Waals surface area contributed by atoms with Crippen LogP contribution in [0.15, 0.2) is 122 Å². The van der Waals surface area contributed by atoms with Crippen molar-refractivity contribution in [3.8, 4) is 67.8 Å². The molecule has 4 aliphatic carbocycles. The third-order valence-corrected chi connectivity index (χ3v) is 14.2.